The molecule has 0 aliphatic heterocycles. The lowest BCUT2D eigenvalue weighted by molar-refractivity contribution is -0.133. The summed E-state index contributed by atoms with van der Waals surface area (Å²) >= 11 is 12.0. The van der Waals surface area contributed by atoms with Crippen LogP contribution in [0.15, 0.2) is 71.3 Å². The van der Waals surface area contributed by atoms with Gasteiger partial charge in [-0.15, -0.1) is 0 Å². The van der Waals surface area contributed by atoms with E-state index in [-0.39, 0.29) is 18.5 Å². The molecule has 32 heavy (non-hydrogen) atoms. The maximum atomic E-state index is 13.3. The molecule has 168 valence electrons. The summed E-state index contributed by atoms with van der Waals surface area (Å²) in [7, 11) is 0. The van der Waals surface area contributed by atoms with E-state index in [1.165, 1.54) is 4.90 Å². The van der Waals surface area contributed by atoms with Crippen LogP contribution in [0.2, 0.25) is 10.0 Å². The molecule has 0 saturated carbocycles. The molecule has 0 atom stereocenters. The second kappa shape index (κ2) is 11.1. The van der Waals surface area contributed by atoms with Crippen LogP contribution in [-0.4, -0.2) is 34.3 Å². The van der Waals surface area contributed by atoms with Gasteiger partial charge in [-0.05, 0) is 49.7 Å². The number of halogens is 2. The summed E-state index contributed by atoms with van der Waals surface area (Å²) in [5.41, 5.74) is 1.49. The van der Waals surface area contributed by atoms with Gasteiger partial charge >= 0.3 is 6.03 Å². The molecule has 0 aliphatic rings. The summed E-state index contributed by atoms with van der Waals surface area (Å²) in [5, 5.41) is 3.52. The Morgan fingerprint density at radius 2 is 1.72 bits per heavy atom. The Hall–Kier alpha value is -2.96. The van der Waals surface area contributed by atoms with Gasteiger partial charge in [0.2, 0.25) is 5.91 Å². The zero-order valence-corrected chi connectivity index (χ0v) is 19.4. The molecule has 8 heteroatoms. The highest BCUT2D eigenvalue weighted by Crippen LogP contribution is 2.25. The van der Waals surface area contributed by atoms with Crippen LogP contribution in [-0.2, 0) is 17.9 Å². The molecule has 1 heterocycles. The van der Waals surface area contributed by atoms with Crippen LogP contribution in [0, 0.1) is 0 Å². The fraction of sp³-hybridized carbons (Fsp3) is 0.250. The Balaban J connectivity index is 1.74. The Bertz CT molecular complexity index is 1040. The third kappa shape index (κ3) is 6.52. The smallest absolute Gasteiger partial charge is 0.322 e. The summed E-state index contributed by atoms with van der Waals surface area (Å²) in [6.07, 6.45) is 1.58. The van der Waals surface area contributed by atoms with Crippen molar-refractivity contribution in [3.8, 4) is 0 Å². The van der Waals surface area contributed by atoms with Crippen LogP contribution in [0.25, 0.3) is 0 Å². The molecule has 0 unspecified atom stereocenters. The van der Waals surface area contributed by atoms with Crippen LogP contribution < -0.4 is 5.32 Å². The Morgan fingerprint density at radius 3 is 2.34 bits per heavy atom. The Morgan fingerprint density at radius 1 is 0.969 bits per heavy atom. The van der Waals surface area contributed by atoms with Gasteiger partial charge in [-0.25, -0.2) is 4.79 Å². The molecule has 0 radical (unpaired) electrons. The van der Waals surface area contributed by atoms with Gasteiger partial charge in [0.25, 0.3) is 0 Å². The zero-order valence-electron chi connectivity index (χ0n) is 17.9. The average Bonchev–Trinajstić information content (AvgIpc) is 3.27. The number of anilines is 1. The van der Waals surface area contributed by atoms with Crippen LogP contribution in [0.3, 0.4) is 0 Å². The van der Waals surface area contributed by atoms with E-state index in [1.54, 1.807) is 35.4 Å². The van der Waals surface area contributed by atoms with Gasteiger partial charge in [0.15, 0.2) is 0 Å². The number of amides is 3. The second-order valence-electron chi connectivity index (χ2n) is 7.60. The van der Waals surface area contributed by atoms with Gasteiger partial charge < -0.3 is 19.5 Å². The highest BCUT2D eigenvalue weighted by Gasteiger charge is 2.24. The lowest BCUT2D eigenvalue weighted by atomic mass is 10.2. The highest BCUT2D eigenvalue weighted by molar-refractivity contribution is 6.42. The SMILES string of the molecule is CC(C)N(CC(=O)N(Cc1ccccc1)Cc1ccco1)C(=O)Nc1ccc(Cl)c(Cl)c1. The van der Waals surface area contributed by atoms with Crippen molar-refractivity contribution < 1.29 is 14.0 Å². The van der Waals surface area contributed by atoms with Gasteiger partial charge in [-0.1, -0.05) is 53.5 Å². The summed E-state index contributed by atoms with van der Waals surface area (Å²) in [4.78, 5) is 29.4. The predicted molar refractivity (Wildman–Crippen MR) is 127 cm³/mol. The molecule has 1 N–H and O–H groups in total. The summed E-state index contributed by atoms with van der Waals surface area (Å²) in [6, 6.07) is 17.5. The molecule has 0 aliphatic carbocycles. The van der Waals surface area contributed by atoms with E-state index in [4.69, 9.17) is 27.6 Å². The Kier molecular flexibility index (Phi) is 8.20. The number of furan rings is 1. The first kappa shape index (κ1) is 23.7. The van der Waals surface area contributed by atoms with Crippen LogP contribution in [0.4, 0.5) is 10.5 Å². The minimum Gasteiger partial charge on any atom is -0.467 e. The van der Waals surface area contributed by atoms with Gasteiger partial charge in [0.05, 0.1) is 22.9 Å². The molecule has 0 saturated heterocycles. The summed E-state index contributed by atoms with van der Waals surface area (Å²) in [6.45, 7) is 4.34. The van der Waals surface area contributed by atoms with Crippen molar-refractivity contribution in [1.82, 2.24) is 9.80 Å². The third-order valence-corrected chi connectivity index (χ3v) is 5.60. The molecule has 3 aromatic rings. The lowest BCUT2D eigenvalue weighted by Gasteiger charge is -2.30. The highest BCUT2D eigenvalue weighted by atomic mass is 35.5. The number of benzene rings is 2. The number of nitrogens with one attached hydrogen (secondary N) is 1. The lowest BCUT2D eigenvalue weighted by Crippen LogP contribution is -2.47. The van der Waals surface area contributed by atoms with Gasteiger partial charge in [-0.2, -0.15) is 0 Å². The monoisotopic (exact) mass is 473 g/mol. The quantitative estimate of drug-likeness (QED) is 0.432. The first-order valence-electron chi connectivity index (χ1n) is 10.2. The average molecular weight is 474 g/mol. The van der Waals surface area contributed by atoms with E-state index in [0.717, 1.165) is 5.56 Å². The van der Waals surface area contributed by atoms with Crippen molar-refractivity contribution in [3.05, 3.63) is 88.3 Å². The molecular weight excluding hydrogens is 449 g/mol. The number of hydrogen-bond acceptors (Lipinski definition) is 3. The molecular formula is C24H25Cl2N3O3. The minimum absolute atomic E-state index is 0.0850. The number of urea groups is 1. The molecule has 2 aromatic carbocycles. The number of rotatable bonds is 8. The first-order chi connectivity index (χ1) is 15.3. The molecule has 3 rings (SSSR count). The molecule has 0 spiro atoms. The molecule has 1 aromatic heterocycles. The van der Waals surface area contributed by atoms with E-state index in [1.807, 2.05) is 50.2 Å². The number of nitrogens with zero attached hydrogens (tertiary/aromatic N) is 2. The van der Waals surface area contributed by atoms with Crippen molar-refractivity contribution in [2.24, 2.45) is 0 Å². The van der Waals surface area contributed by atoms with Gasteiger partial charge in [0.1, 0.15) is 12.3 Å². The summed E-state index contributed by atoms with van der Waals surface area (Å²) in [5.74, 6) is 0.480. The van der Waals surface area contributed by atoms with Crippen LogP contribution >= 0.6 is 23.2 Å². The van der Waals surface area contributed by atoms with Gasteiger partial charge in [-0.3, -0.25) is 4.79 Å². The second-order valence-corrected chi connectivity index (χ2v) is 8.41. The van der Waals surface area contributed by atoms with E-state index < -0.39 is 6.03 Å². The normalized spacial score (nSPS) is 10.8. The maximum absolute atomic E-state index is 13.3. The predicted octanol–water partition coefficient (Wildman–Crippen LogP) is 6.06. The van der Waals surface area contributed by atoms with E-state index >= 15 is 0 Å². The third-order valence-electron chi connectivity index (χ3n) is 4.86. The largest absolute Gasteiger partial charge is 0.467 e. The molecule has 0 fully saturated rings. The van der Waals surface area contributed by atoms with Crippen molar-refractivity contribution >= 4 is 40.8 Å². The number of carbonyl (C=O) groups is 2. The van der Waals surface area contributed by atoms with E-state index in [2.05, 4.69) is 5.32 Å². The first-order valence-corrected chi connectivity index (χ1v) is 11.0. The maximum Gasteiger partial charge on any atom is 0.322 e. The van der Waals surface area contributed by atoms with E-state index in [9.17, 15) is 9.59 Å². The zero-order chi connectivity index (χ0) is 23.1. The van der Waals surface area contributed by atoms with Gasteiger partial charge in [0, 0.05) is 18.3 Å². The van der Waals surface area contributed by atoms with E-state index in [0.29, 0.717) is 34.6 Å². The fourth-order valence-corrected chi connectivity index (χ4v) is 3.43. The molecule has 3 amide bonds. The van der Waals surface area contributed by atoms with Crippen molar-refractivity contribution in [2.45, 2.75) is 33.0 Å². The number of hydrogen-bond donors (Lipinski definition) is 1. The molecule has 6 nitrogen and oxygen atoms in total. The topological polar surface area (TPSA) is 65.8 Å². The van der Waals surface area contributed by atoms with Crippen LogP contribution in [0.5, 0.6) is 0 Å². The standard InChI is InChI=1S/C24H25Cl2N3O3/c1-17(2)29(24(31)27-19-10-11-21(25)22(26)13-19)16-23(30)28(15-20-9-6-12-32-20)14-18-7-4-3-5-8-18/h3-13,17H,14-16H2,1-2H3,(H,27,31). The fourth-order valence-electron chi connectivity index (χ4n) is 3.13. The Labute approximate surface area is 197 Å². The molecule has 0 bridgehead atoms. The summed E-state index contributed by atoms with van der Waals surface area (Å²) < 4.78 is 5.44. The number of carbonyl (C=O) groups excluding carboxylic acids is 2. The van der Waals surface area contributed by atoms with Crippen molar-refractivity contribution in [1.29, 1.82) is 0 Å². The van der Waals surface area contributed by atoms with Crippen LogP contribution in [0.1, 0.15) is 25.2 Å². The van der Waals surface area contributed by atoms with Crippen molar-refractivity contribution in [3.63, 3.8) is 0 Å². The minimum atomic E-state index is -0.399. The van der Waals surface area contributed by atoms with Crippen molar-refractivity contribution in [2.75, 3.05) is 11.9 Å².